The lowest BCUT2D eigenvalue weighted by Crippen LogP contribution is -2.43. The number of hydrazine groups is 1. The van der Waals surface area contributed by atoms with Crippen molar-refractivity contribution < 1.29 is 4.79 Å². The van der Waals surface area contributed by atoms with Crippen molar-refractivity contribution in [1.82, 2.24) is 5.43 Å². The van der Waals surface area contributed by atoms with Gasteiger partial charge in [-0.3, -0.25) is 15.2 Å². The molecule has 4 nitrogen and oxygen atoms in total. The monoisotopic (exact) mass is 271 g/mol. The molecule has 0 bridgehead atoms. The minimum atomic E-state index is -0.607. The van der Waals surface area contributed by atoms with E-state index in [0.717, 1.165) is 12.0 Å². The number of amidine groups is 1. The number of carbonyl (C=O) groups is 1. The van der Waals surface area contributed by atoms with Crippen LogP contribution in [0.2, 0.25) is 5.02 Å². The zero-order valence-electron chi connectivity index (χ0n) is 9.10. The molecule has 0 spiro atoms. The molecule has 0 fully saturated rings. The van der Waals surface area contributed by atoms with Gasteiger partial charge in [-0.2, -0.15) is 0 Å². The third-order valence-electron chi connectivity index (χ3n) is 2.36. The Labute approximate surface area is 109 Å². The SMILES string of the molecule is CC(Cl)C1=NC(C=O)N(c2cccc(Cl)c2)N1. The molecule has 0 aromatic heterocycles. The first kappa shape index (κ1) is 12.2. The van der Waals surface area contributed by atoms with E-state index >= 15 is 0 Å². The lowest BCUT2D eigenvalue weighted by Gasteiger charge is -2.22. The summed E-state index contributed by atoms with van der Waals surface area (Å²) in [5.74, 6) is 0.573. The van der Waals surface area contributed by atoms with Crippen LogP contribution in [-0.4, -0.2) is 23.7 Å². The first-order valence-electron chi connectivity index (χ1n) is 5.10. The number of benzene rings is 1. The fourth-order valence-electron chi connectivity index (χ4n) is 1.54. The highest BCUT2D eigenvalue weighted by Gasteiger charge is 2.27. The number of nitrogens with one attached hydrogen (secondary N) is 1. The van der Waals surface area contributed by atoms with Gasteiger partial charge in [-0.05, 0) is 25.1 Å². The predicted octanol–water partition coefficient (Wildman–Crippen LogP) is 2.22. The van der Waals surface area contributed by atoms with Crippen molar-refractivity contribution >= 4 is 41.0 Å². The zero-order chi connectivity index (χ0) is 12.4. The smallest absolute Gasteiger partial charge is 0.197 e. The van der Waals surface area contributed by atoms with Gasteiger partial charge in [0.05, 0.1) is 11.1 Å². The Morgan fingerprint density at radius 3 is 2.94 bits per heavy atom. The second kappa shape index (κ2) is 4.94. The number of hydrogen-bond donors (Lipinski definition) is 1. The highest BCUT2D eigenvalue weighted by atomic mass is 35.5. The minimum absolute atomic E-state index is 0.276. The molecule has 1 N–H and O–H groups in total. The highest BCUT2D eigenvalue weighted by molar-refractivity contribution is 6.32. The zero-order valence-corrected chi connectivity index (χ0v) is 10.6. The Morgan fingerprint density at radius 2 is 2.35 bits per heavy atom. The van der Waals surface area contributed by atoms with Crippen LogP contribution in [0.5, 0.6) is 0 Å². The van der Waals surface area contributed by atoms with Crippen molar-refractivity contribution in [2.24, 2.45) is 4.99 Å². The maximum absolute atomic E-state index is 11.0. The normalized spacial score (nSPS) is 20.8. The van der Waals surface area contributed by atoms with Crippen molar-refractivity contribution in [1.29, 1.82) is 0 Å². The number of anilines is 1. The number of carbonyl (C=O) groups excluding carboxylic acids is 1. The van der Waals surface area contributed by atoms with Gasteiger partial charge in [-0.25, -0.2) is 4.99 Å². The first-order valence-corrected chi connectivity index (χ1v) is 5.92. The average Bonchev–Trinajstić information content (AvgIpc) is 2.73. The molecule has 2 atom stereocenters. The summed E-state index contributed by atoms with van der Waals surface area (Å²) in [6.45, 7) is 1.79. The molecule has 1 aliphatic heterocycles. The van der Waals surface area contributed by atoms with Crippen LogP contribution in [0, 0.1) is 0 Å². The summed E-state index contributed by atoms with van der Waals surface area (Å²) in [6, 6.07) is 7.17. The van der Waals surface area contributed by atoms with Crippen LogP contribution in [0.3, 0.4) is 0 Å². The maximum Gasteiger partial charge on any atom is 0.197 e. The fraction of sp³-hybridized carbons (Fsp3) is 0.273. The van der Waals surface area contributed by atoms with E-state index < -0.39 is 6.17 Å². The largest absolute Gasteiger partial charge is 0.299 e. The number of aliphatic imine (C=N–C) groups is 1. The lowest BCUT2D eigenvalue weighted by molar-refractivity contribution is -0.108. The topological polar surface area (TPSA) is 44.7 Å². The van der Waals surface area contributed by atoms with Crippen LogP contribution in [-0.2, 0) is 4.79 Å². The Hall–Kier alpha value is -1.26. The molecule has 1 aromatic rings. The quantitative estimate of drug-likeness (QED) is 0.677. The number of alkyl halides is 1. The van der Waals surface area contributed by atoms with E-state index in [1.165, 1.54) is 0 Å². The predicted molar refractivity (Wildman–Crippen MR) is 69.7 cm³/mol. The summed E-state index contributed by atoms with van der Waals surface area (Å²) in [4.78, 5) is 15.2. The van der Waals surface area contributed by atoms with Crippen molar-refractivity contribution in [2.45, 2.75) is 18.5 Å². The molecule has 0 radical (unpaired) electrons. The summed E-state index contributed by atoms with van der Waals surface area (Å²) in [7, 11) is 0. The van der Waals surface area contributed by atoms with Gasteiger partial charge in [0, 0.05) is 5.02 Å². The summed E-state index contributed by atoms with van der Waals surface area (Å²) in [5, 5.41) is 1.95. The standard InChI is InChI=1S/C11H11Cl2N3O/c1-7(12)11-14-10(6-17)16(15-11)9-4-2-3-8(13)5-9/h2-7,10H,1H3,(H,14,15). The van der Waals surface area contributed by atoms with E-state index in [2.05, 4.69) is 10.4 Å². The van der Waals surface area contributed by atoms with Crippen LogP contribution in [0.25, 0.3) is 0 Å². The van der Waals surface area contributed by atoms with Gasteiger partial charge in [0.25, 0.3) is 0 Å². The molecule has 0 amide bonds. The maximum atomic E-state index is 11.0. The van der Waals surface area contributed by atoms with Crippen molar-refractivity contribution in [3.63, 3.8) is 0 Å². The summed E-state index contributed by atoms with van der Waals surface area (Å²) in [6.07, 6.45) is 0.143. The molecule has 0 saturated heterocycles. The Balaban J connectivity index is 2.26. The third kappa shape index (κ3) is 2.53. The van der Waals surface area contributed by atoms with Crippen LogP contribution >= 0.6 is 23.2 Å². The van der Waals surface area contributed by atoms with Gasteiger partial charge < -0.3 is 0 Å². The van der Waals surface area contributed by atoms with Crippen LogP contribution in [0.15, 0.2) is 29.3 Å². The molecule has 0 saturated carbocycles. The molecule has 6 heteroatoms. The molecule has 0 aliphatic carbocycles. The van der Waals surface area contributed by atoms with Gasteiger partial charge >= 0.3 is 0 Å². The van der Waals surface area contributed by atoms with E-state index in [4.69, 9.17) is 23.2 Å². The van der Waals surface area contributed by atoms with Crippen LogP contribution in [0.1, 0.15) is 6.92 Å². The Kier molecular flexibility index (Phi) is 3.54. The van der Waals surface area contributed by atoms with Gasteiger partial charge in [0.1, 0.15) is 5.84 Å². The molecule has 2 unspecified atom stereocenters. The number of nitrogens with zero attached hydrogens (tertiary/aromatic N) is 2. The minimum Gasteiger partial charge on any atom is -0.299 e. The molecule has 1 heterocycles. The van der Waals surface area contributed by atoms with E-state index in [-0.39, 0.29) is 5.38 Å². The highest BCUT2D eigenvalue weighted by Crippen LogP contribution is 2.22. The Morgan fingerprint density at radius 1 is 1.59 bits per heavy atom. The number of hydrogen-bond acceptors (Lipinski definition) is 4. The molecular formula is C11H11Cl2N3O. The Bertz CT molecular complexity index is 462. The summed E-state index contributed by atoms with van der Waals surface area (Å²) in [5.41, 5.74) is 3.77. The first-order chi connectivity index (χ1) is 8.11. The van der Waals surface area contributed by atoms with Crippen LogP contribution < -0.4 is 10.4 Å². The number of halogens is 2. The number of rotatable bonds is 3. The van der Waals surface area contributed by atoms with E-state index in [1.807, 2.05) is 12.1 Å². The molecule has 1 aromatic carbocycles. The lowest BCUT2D eigenvalue weighted by atomic mass is 10.3. The van der Waals surface area contributed by atoms with E-state index in [0.29, 0.717) is 10.9 Å². The van der Waals surface area contributed by atoms with Gasteiger partial charge in [-0.15, -0.1) is 11.6 Å². The van der Waals surface area contributed by atoms with E-state index in [1.54, 1.807) is 24.1 Å². The molecule has 2 rings (SSSR count). The number of aldehydes is 1. The second-order valence-corrected chi connectivity index (χ2v) is 4.73. The molecule has 90 valence electrons. The van der Waals surface area contributed by atoms with Crippen molar-refractivity contribution in [2.75, 3.05) is 5.01 Å². The van der Waals surface area contributed by atoms with Crippen LogP contribution in [0.4, 0.5) is 5.69 Å². The fourth-order valence-corrected chi connectivity index (χ4v) is 1.83. The molecule has 1 aliphatic rings. The van der Waals surface area contributed by atoms with Gasteiger partial charge in [0.2, 0.25) is 0 Å². The molecular weight excluding hydrogens is 261 g/mol. The van der Waals surface area contributed by atoms with E-state index in [9.17, 15) is 4.79 Å². The molecule has 17 heavy (non-hydrogen) atoms. The van der Waals surface area contributed by atoms with Gasteiger partial charge in [0.15, 0.2) is 12.5 Å². The van der Waals surface area contributed by atoms with Crippen molar-refractivity contribution in [3.8, 4) is 0 Å². The third-order valence-corrected chi connectivity index (χ3v) is 2.80. The summed E-state index contributed by atoms with van der Waals surface area (Å²) >= 11 is 11.8. The average molecular weight is 272 g/mol. The van der Waals surface area contributed by atoms with Crippen molar-refractivity contribution in [3.05, 3.63) is 29.3 Å². The summed E-state index contributed by atoms with van der Waals surface area (Å²) < 4.78 is 0. The van der Waals surface area contributed by atoms with Gasteiger partial charge in [-0.1, -0.05) is 17.7 Å². The second-order valence-electron chi connectivity index (χ2n) is 3.64.